The number of carbonyl (C=O) groups excluding carboxylic acids is 1. The zero-order valence-corrected chi connectivity index (χ0v) is 27.0. The molecule has 236 valence electrons. The molecule has 1 unspecified atom stereocenters. The smallest absolute Gasteiger partial charge is 0.264 e. The minimum Gasteiger partial charge on any atom is -0.506 e. The molecule has 0 fully saturated rings. The Morgan fingerprint density at radius 2 is 1.67 bits per heavy atom. The molecule has 3 rings (SSSR count). The SMILES string of the molecule is CCCCc1[nH]c(=O)c(C(=O)N(CCC)CCC(C)CC)c(O)c1-c1cccc(C(C)C)c1.CCc1cccc(F)c1F. The first-order valence-electron chi connectivity index (χ1n) is 15.8. The van der Waals surface area contributed by atoms with Crippen LogP contribution in [0, 0.1) is 17.6 Å². The summed E-state index contributed by atoms with van der Waals surface area (Å²) in [5.41, 5.74) is 3.03. The predicted octanol–water partition coefficient (Wildman–Crippen LogP) is 9.03. The molecular weight excluding hydrogens is 546 g/mol. The molecule has 0 aliphatic carbocycles. The molecule has 0 saturated heterocycles. The molecule has 2 N–H and O–H groups in total. The lowest BCUT2D eigenvalue weighted by atomic mass is 9.93. The number of unbranched alkanes of at least 4 members (excludes halogenated alkanes) is 1. The number of hydrogen-bond donors (Lipinski definition) is 2. The highest BCUT2D eigenvalue weighted by molar-refractivity contribution is 5.99. The predicted molar refractivity (Wildman–Crippen MR) is 173 cm³/mol. The summed E-state index contributed by atoms with van der Waals surface area (Å²) in [7, 11) is 0. The minimum absolute atomic E-state index is 0.141. The number of aromatic nitrogens is 1. The van der Waals surface area contributed by atoms with Gasteiger partial charge in [-0.2, -0.15) is 0 Å². The summed E-state index contributed by atoms with van der Waals surface area (Å²) in [4.78, 5) is 31.2. The van der Waals surface area contributed by atoms with Crippen LogP contribution in [0.1, 0.15) is 114 Å². The Bertz CT molecular complexity index is 1380. The Morgan fingerprint density at radius 1 is 0.977 bits per heavy atom. The van der Waals surface area contributed by atoms with Crippen LogP contribution in [-0.2, 0) is 12.8 Å². The Kier molecular flexibility index (Phi) is 14.6. The van der Waals surface area contributed by atoms with Crippen LogP contribution in [-0.4, -0.2) is 34.0 Å². The Balaban J connectivity index is 0.000000543. The number of nitrogens with one attached hydrogen (secondary N) is 1. The van der Waals surface area contributed by atoms with Crippen molar-refractivity contribution in [2.45, 2.75) is 99.3 Å². The number of aryl methyl sites for hydroxylation is 2. The van der Waals surface area contributed by atoms with Gasteiger partial charge in [0.2, 0.25) is 0 Å². The van der Waals surface area contributed by atoms with E-state index in [9.17, 15) is 23.5 Å². The Hall–Kier alpha value is -3.48. The summed E-state index contributed by atoms with van der Waals surface area (Å²) in [5.74, 6) is -1.24. The fourth-order valence-corrected chi connectivity index (χ4v) is 4.89. The Labute approximate surface area is 256 Å². The van der Waals surface area contributed by atoms with Crippen LogP contribution in [0.5, 0.6) is 5.75 Å². The van der Waals surface area contributed by atoms with Crippen LogP contribution < -0.4 is 5.56 Å². The van der Waals surface area contributed by atoms with Crippen molar-refractivity contribution < 1.29 is 18.7 Å². The maximum Gasteiger partial charge on any atom is 0.264 e. The number of rotatable bonds is 13. The van der Waals surface area contributed by atoms with Crippen molar-refractivity contribution in [3.63, 3.8) is 0 Å². The number of benzene rings is 2. The molecular formula is C36H50F2N2O3. The van der Waals surface area contributed by atoms with Crippen LogP contribution in [0.25, 0.3) is 11.1 Å². The number of aromatic hydroxyl groups is 1. The highest BCUT2D eigenvalue weighted by Gasteiger charge is 2.27. The quantitative estimate of drug-likeness (QED) is 0.207. The van der Waals surface area contributed by atoms with E-state index in [0.717, 1.165) is 49.3 Å². The summed E-state index contributed by atoms with van der Waals surface area (Å²) in [5, 5.41) is 11.4. The second kappa shape index (κ2) is 17.6. The topological polar surface area (TPSA) is 73.4 Å². The number of amides is 1. The van der Waals surface area contributed by atoms with Gasteiger partial charge in [0.1, 0.15) is 11.3 Å². The largest absolute Gasteiger partial charge is 0.506 e. The van der Waals surface area contributed by atoms with E-state index < -0.39 is 17.2 Å². The lowest BCUT2D eigenvalue weighted by Gasteiger charge is -2.24. The summed E-state index contributed by atoms with van der Waals surface area (Å²) in [6, 6.07) is 12.2. The van der Waals surface area contributed by atoms with Gasteiger partial charge in [-0.3, -0.25) is 9.59 Å². The zero-order valence-electron chi connectivity index (χ0n) is 27.0. The first kappa shape index (κ1) is 35.7. The molecule has 0 bridgehead atoms. The number of H-pyrrole nitrogens is 1. The molecule has 43 heavy (non-hydrogen) atoms. The fourth-order valence-electron chi connectivity index (χ4n) is 4.89. The van der Waals surface area contributed by atoms with Crippen LogP contribution in [0.2, 0.25) is 0 Å². The van der Waals surface area contributed by atoms with E-state index in [4.69, 9.17) is 0 Å². The molecule has 0 aliphatic rings. The molecule has 1 amide bonds. The van der Waals surface area contributed by atoms with E-state index in [2.05, 4.69) is 51.7 Å². The van der Waals surface area contributed by atoms with Crippen molar-refractivity contribution in [1.82, 2.24) is 9.88 Å². The van der Waals surface area contributed by atoms with Gasteiger partial charge >= 0.3 is 0 Å². The molecule has 0 spiro atoms. The van der Waals surface area contributed by atoms with E-state index >= 15 is 0 Å². The van der Waals surface area contributed by atoms with Crippen molar-refractivity contribution >= 4 is 5.91 Å². The fraction of sp³-hybridized carbons (Fsp3) is 0.500. The van der Waals surface area contributed by atoms with Crippen molar-refractivity contribution in [3.05, 3.63) is 86.8 Å². The number of nitrogens with zero attached hydrogens (tertiary/aromatic N) is 1. The first-order chi connectivity index (χ1) is 20.5. The minimum atomic E-state index is -0.764. The third-order valence-electron chi connectivity index (χ3n) is 7.88. The van der Waals surface area contributed by atoms with Crippen molar-refractivity contribution in [2.24, 2.45) is 5.92 Å². The second-order valence-electron chi connectivity index (χ2n) is 11.6. The monoisotopic (exact) mass is 596 g/mol. The van der Waals surface area contributed by atoms with Gasteiger partial charge in [0.05, 0.1) is 0 Å². The van der Waals surface area contributed by atoms with Gasteiger partial charge in [-0.25, -0.2) is 8.78 Å². The van der Waals surface area contributed by atoms with E-state index in [0.29, 0.717) is 54.6 Å². The van der Waals surface area contributed by atoms with E-state index in [1.807, 2.05) is 19.1 Å². The van der Waals surface area contributed by atoms with Gasteiger partial charge in [-0.05, 0) is 66.7 Å². The van der Waals surface area contributed by atoms with Gasteiger partial charge in [0.15, 0.2) is 11.6 Å². The van der Waals surface area contributed by atoms with Crippen LogP contribution in [0.15, 0.2) is 47.3 Å². The lowest BCUT2D eigenvalue weighted by molar-refractivity contribution is 0.0742. The summed E-state index contributed by atoms with van der Waals surface area (Å²) in [6.45, 7) is 15.6. The first-order valence-corrected chi connectivity index (χ1v) is 15.8. The van der Waals surface area contributed by atoms with Gasteiger partial charge in [-0.15, -0.1) is 0 Å². The molecule has 2 aromatic carbocycles. The normalized spacial score (nSPS) is 11.7. The highest BCUT2D eigenvalue weighted by atomic mass is 19.2. The number of pyridine rings is 1. The molecule has 3 aromatic rings. The van der Waals surface area contributed by atoms with Gasteiger partial charge in [0, 0.05) is 24.3 Å². The van der Waals surface area contributed by atoms with Crippen molar-refractivity contribution in [1.29, 1.82) is 0 Å². The average molecular weight is 597 g/mol. The molecule has 1 heterocycles. The second-order valence-corrected chi connectivity index (χ2v) is 11.6. The van der Waals surface area contributed by atoms with Gasteiger partial charge in [-0.1, -0.05) is 97.7 Å². The third-order valence-corrected chi connectivity index (χ3v) is 7.88. The number of hydrogen-bond acceptors (Lipinski definition) is 3. The summed E-state index contributed by atoms with van der Waals surface area (Å²) < 4.78 is 25.0. The molecule has 0 aliphatic heterocycles. The van der Waals surface area contributed by atoms with Gasteiger partial charge < -0.3 is 15.0 Å². The Morgan fingerprint density at radius 3 is 2.26 bits per heavy atom. The number of carbonyl (C=O) groups is 1. The van der Waals surface area contributed by atoms with Crippen molar-refractivity contribution in [2.75, 3.05) is 13.1 Å². The molecule has 0 radical (unpaired) electrons. The molecule has 5 nitrogen and oxygen atoms in total. The maximum atomic E-state index is 13.5. The summed E-state index contributed by atoms with van der Waals surface area (Å²) in [6.07, 6.45) is 5.74. The van der Waals surface area contributed by atoms with E-state index in [-0.39, 0.29) is 17.2 Å². The highest BCUT2D eigenvalue weighted by Crippen LogP contribution is 2.35. The number of halogens is 2. The van der Waals surface area contributed by atoms with E-state index in [1.54, 1.807) is 17.9 Å². The van der Waals surface area contributed by atoms with Crippen LogP contribution >= 0.6 is 0 Å². The lowest BCUT2D eigenvalue weighted by Crippen LogP contribution is -2.37. The number of aromatic amines is 1. The zero-order chi connectivity index (χ0) is 32.1. The molecule has 7 heteroatoms. The molecule has 0 saturated carbocycles. The van der Waals surface area contributed by atoms with Gasteiger partial charge in [0.25, 0.3) is 11.5 Å². The molecule has 1 aromatic heterocycles. The van der Waals surface area contributed by atoms with Crippen molar-refractivity contribution in [3.8, 4) is 16.9 Å². The van der Waals surface area contributed by atoms with E-state index in [1.165, 1.54) is 6.07 Å². The summed E-state index contributed by atoms with van der Waals surface area (Å²) >= 11 is 0. The third kappa shape index (κ3) is 9.77. The maximum absolute atomic E-state index is 13.5. The van der Waals surface area contributed by atoms with Crippen LogP contribution in [0.3, 0.4) is 0 Å². The molecule has 1 atom stereocenters. The standard InChI is InChI=1S/C28H42N2O3.C8H8F2/c1-7-10-14-23-24(22-13-11-12-21(18-22)19(4)5)26(31)25(27(32)29-23)28(33)30(16-8-2)17-15-20(6)9-3;1-2-6-4-3-5-7(9)8(6)10/h11-13,18-20H,7-10,14-17H2,1-6H3,(H2,29,31,32);3-5H,2H2,1H3. The van der Waals surface area contributed by atoms with Crippen LogP contribution in [0.4, 0.5) is 8.78 Å². The average Bonchev–Trinajstić information content (AvgIpc) is 2.99.